The first-order valence-electron chi connectivity index (χ1n) is 3.30. The van der Waals surface area contributed by atoms with Crippen LogP contribution in [0.3, 0.4) is 0 Å². The molecule has 1 atom stereocenters. The van der Waals surface area contributed by atoms with Crippen molar-refractivity contribution in [2.45, 2.75) is 12.3 Å². The maximum absolute atomic E-state index is 5.71. The van der Waals surface area contributed by atoms with Gasteiger partial charge in [-0.2, -0.15) is 0 Å². The second kappa shape index (κ2) is 3.52. The van der Waals surface area contributed by atoms with E-state index >= 15 is 0 Å². The molecule has 0 aliphatic carbocycles. The Kier molecular flexibility index (Phi) is 2.64. The van der Waals surface area contributed by atoms with Gasteiger partial charge in [-0.05, 0) is 17.4 Å². The molecule has 1 heterocycles. The third kappa shape index (κ3) is 2.34. The highest BCUT2D eigenvalue weighted by molar-refractivity contribution is 6.20. The maximum Gasteiger partial charge on any atom is 0.242 e. The van der Waals surface area contributed by atoms with E-state index < -0.39 is 0 Å². The first kappa shape index (κ1) is 8.26. The topological polar surface area (TPSA) is 55.6 Å². The van der Waals surface area contributed by atoms with Gasteiger partial charge in [-0.1, -0.05) is 5.10 Å². The Morgan fingerprint density at radius 3 is 2.91 bits per heavy atom. The number of halogens is 1. The minimum Gasteiger partial charge on any atom is -0.352 e. The fourth-order valence-electron chi connectivity index (χ4n) is 0.611. The van der Waals surface area contributed by atoms with Gasteiger partial charge in [-0.15, -0.1) is 11.6 Å². The molecule has 6 heteroatoms. The van der Waals surface area contributed by atoms with Crippen molar-refractivity contribution in [3.8, 4) is 0 Å². The summed E-state index contributed by atoms with van der Waals surface area (Å²) in [6, 6.07) is 0. The Hall–Kier alpha value is -0.840. The van der Waals surface area contributed by atoms with Gasteiger partial charge in [0.2, 0.25) is 5.95 Å². The highest BCUT2D eigenvalue weighted by Gasteiger charge is 2.01. The van der Waals surface area contributed by atoms with Crippen molar-refractivity contribution in [1.82, 2.24) is 20.2 Å². The highest BCUT2D eigenvalue weighted by atomic mass is 35.5. The number of nitrogens with one attached hydrogen (secondary N) is 1. The van der Waals surface area contributed by atoms with E-state index in [2.05, 4.69) is 20.8 Å². The Morgan fingerprint density at radius 2 is 2.45 bits per heavy atom. The lowest BCUT2D eigenvalue weighted by Crippen LogP contribution is -2.13. The molecular weight excluding hydrogens is 166 g/mol. The van der Waals surface area contributed by atoms with Crippen LogP contribution in [0.1, 0.15) is 6.92 Å². The van der Waals surface area contributed by atoms with Crippen molar-refractivity contribution in [3.63, 3.8) is 0 Å². The second-order valence-electron chi connectivity index (χ2n) is 2.29. The van der Waals surface area contributed by atoms with Crippen molar-refractivity contribution >= 4 is 17.5 Å². The molecule has 0 aliphatic heterocycles. The standard InChI is InChI=1S/C5H10ClN5/c1-4(6)3-7-5-8-9-10-11(5)2/h4H,3H2,1-2H3,(H,7,8,10). The zero-order valence-electron chi connectivity index (χ0n) is 6.45. The SMILES string of the molecule is CC(Cl)CNc1nnnn1C. The third-order valence-corrected chi connectivity index (χ3v) is 1.32. The molecule has 0 amide bonds. The van der Waals surface area contributed by atoms with Crippen LogP contribution >= 0.6 is 11.6 Å². The van der Waals surface area contributed by atoms with Crippen LogP contribution < -0.4 is 5.32 Å². The highest BCUT2D eigenvalue weighted by Crippen LogP contribution is 1.98. The van der Waals surface area contributed by atoms with E-state index in [4.69, 9.17) is 11.6 Å². The number of anilines is 1. The maximum atomic E-state index is 5.71. The van der Waals surface area contributed by atoms with E-state index in [9.17, 15) is 0 Å². The molecule has 0 aromatic carbocycles. The minimum absolute atomic E-state index is 0.0756. The average molecular weight is 176 g/mol. The van der Waals surface area contributed by atoms with Crippen LogP contribution in [0.25, 0.3) is 0 Å². The molecule has 0 bridgehead atoms. The van der Waals surface area contributed by atoms with Gasteiger partial charge in [0.25, 0.3) is 0 Å². The van der Waals surface area contributed by atoms with E-state index in [0.29, 0.717) is 12.5 Å². The van der Waals surface area contributed by atoms with Gasteiger partial charge in [0.1, 0.15) is 0 Å². The Labute approximate surface area is 69.7 Å². The van der Waals surface area contributed by atoms with Gasteiger partial charge in [-0.3, -0.25) is 0 Å². The summed E-state index contributed by atoms with van der Waals surface area (Å²) < 4.78 is 1.55. The number of tetrazole rings is 1. The summed E-state index contributed by atoms with van der Waals surface area (Å²) in [7, 11) is 1.77. The molecule has 11 heavy (non-hydrogen) atoms. The summed E-state index contributed by atoms with van der Waals surface area (Å²) >= 11 is 5.71. The zero-order chi connectivity index (χ0) is 8.27. The molecule has 0 radical (unpaired) electrons. The summed E-state index contributed by atoms with van der Waals surface area (Å²) in [4.78, 5) is 0. The van der Waals surface area contributed by atoms with E-state index in [1.165, 1.54) is 0 Å². The number of nitrogens with zero attached hydrogens (tertiary/aromatic N) is 4. The van der Waals surface area contributed by atoms with Crippen LogP contribution in [0, 0.1) is 0 Å². The van der Waals surface area contributed by atoms with E-state index in [-0.39, 0.29) is 5.38 Å². The van der Waals surface area contributed by atoms with Gasteiger partial charge < -0.3 is 5.32 Å². The number of rotatable bonds is 3. The van der Waals surface area contributed by atoms with Crippen LogP contribution in [-0.2, 0) is 7.05 Å². The Balaban J connectivity index is 2.44. The predicted octanol–water partition coefficient (Wildman–Crippen LogP) is 0.249. The van der Waals surface area contributed by atoms with Crippen LogP contribution in [0.5, 0.6) is 0 Å². The fraction of sp³-hybridized carbons (Fsp3) is 0.800. The second-order valence-corrected chi connectivity index (χ2v) is 3.03. The molecule has 1 N–H and O–H groups in total. The molecule has 1 aromatic rings. The lowest BCUT2D eigenvalue weighted by molar-refractivity contribution is 0.712. The molecule has 1 unspecified atom stereocenters. The zero-order valence-corrected chi connectivity index (χ0v) is 7.21. The van der Waals surface area contributed by atoms with Crippen molar-refractivity contribution in [1.29, 1.82) is 0 Å². The molecule has 5 nitrogen and oxygen atoms in total. The lowest BCUT2D eigenvalue weighted by atomic mass is 10.5. The lowest BCUT2D eigenvalue weighted by Gasteiger charge is -2.03. The molecule has 62 valence electrons. The van der Waals surface area contributed by atoms with Gasteiger partial charge in [0.05, 0.1) is 0 Å². The Bertz CT molecular complexity index is 220. The van der Waals surface area contributed by atoms with E-state index in [0.717, 1.165) is 0 Å². The normalized spacial score (nSPS) is 13.0. The average Bonchev–Trinajstić information content (AvgIpc) is 2.31. The fourth-order valence-corrected chi connectivity index (χ4v) is 0.688. The van der Waals surface area contributed by atoms with Crippen molar-refractivity contribution in [2.24, 2.45) is 7.05 Å². The van der Waals surface area contributed by atoms with Crippen LogP contribution in [-0.4, -0.2) is 32.1 Å². The van der Waals surface area contributed by atoms with Crippen LogP contribution in [0.15, 0.2) is 0 Å². The van der Waals surface area contributed by atoms with E-state index in [1.54, 1.807) is 11.7 Å². The molecule has 1 rings (SSSR count). The van der Waals surface area contributed by atoms with Gasteiger partial charge in [0.15, 0.2) is 0 Å². The minimum atomic E-state index is 0.0756. The molecule has 0 fully saturated rings. The molecule has 1 aromatic heterocycles. The molecule has 0 spiro atoms. The predicted molar refractivity (Wildman–Crippen MR) is 42.6 cm³/mol. The monoisotopic (exact) mass is 175 g/mol. The van der Waals surface area contributed by atoms with Gasteiger partial charge in [-0.25, -0.2) is 4.68 Å². The van der Waals surface area contributed by atoms with Gasteiger partial charge >= 0.3 is 0 Å². The van der Waals surface area contributed by atoms with Crippen molar-refractivity contribution < 1.29 is 0 Å². The quantitative estimate of drug-likeness (QED) is 0.670. The van der Waals surface area contributed by atoms with Crippen molar-refractivity contribution in [2.75, 3.05) is 11.9 Å². The van der Waals surface area contributed by atoms with Gasteiger partial charge in [0, 0.05) is 19.0 Å². The number of aromatic nitrogens is 4. The van der Waals surface area contributed by atoms with Crippen molar-refractivity contribution in [3.05, 3.63) is 0 Å². The smallest absolute Gasteiger partial charge is 0.242 e. The summed E-state index contributed by atoms with van der Waals surface area (Å²) in [6.07, 6.45) is 0. The summed E-state index contributed by atoms with van der Waals surface area (Å²) in [5.41, 5.74) is 0. The summed E-state index contributed by atoms with van der Waals surface area (Å²) in [5.74, 6) is 0.637. The largest absolute Gasteiger partial charge is 0.352 e. The first-order chi connectivity index (χ1) is 5.20. The third-order valence-electron chi connectivity index (χ3n) is 1.16. The Morgan fingerprint density at radius 1 is 1.73 bits per heavy atom. The first-order valence-corrected chi connectivity index (χ1v) is 3.74. The number of alkyl halides is 1. The van der Waals surface area contributed by atoms with Crippen LogP contribution in [0.4, 0.5) is 5.95 Å². The molecule has 0 aliphatic rings. The number of hydrogen-bond donors (Lipinski definition) is 1. The molecule has 0 saturated carbocycles. The van der Waals surface area contributed by atoms with Crippen LogP contribution in [0.2, 0.25) is 0 Å². The summed E-state index contributed by atoms with van der Waals surface area (Å²) in [5, 5.41) is 13.9. The molecule has 0 saturated heterocycles. The summed E-state index contributed by atoms with van der Waals surface area (Å²) in [6.45, 7) is 2.56. The van der Waals surface area contributed by atoms with E-state index in [1.807, 2.05) is 6.92 Å². The number of hydrogen-bond acceptors (Lipinski definition) is 4. The number of aryl methyl sites for hydroxylation is 1. The molecular formula is C5H10ClN5.